The van der Waals surface area contributed by atoms with Crippen molar-refractivity contribution in [3.8, 4) is 0 Å². The molecule has 0 saturated heterocycles. The molecular formula is C19H30FN. The normalized spacial score (nSPS) is 23.4. The van der Waals surface area contributed by atoms with Crippen LogP contribution in [-0.2, 0) is 6.42 Å². The van der Waals surface area contributed by atoms with Gasteiger partial charge in [0.25, 0.3) is 0 Å². The Hall–Kier alpha value is -0.890. The summed E-state index contributed by atoms with van der Waals surface area (Å²) < 4.78 is 13.3. The van der Waals surface area contributed by atoms with Crippen molar-refractivity contribution < 1.29 is 4.39 Å². The molecule has 0 radical (unpaired) electrons. The van der Waals surface area contributed by atoms with Crippen LogP contribution < -0.4 is 5.32 Å². The Bertz CT molecular complexity index is 443. The molecule has 118 valence electrons. The molecule has 0 amide bonds. The first-order valence-electron chi connectivity index (χ1n) is 8.62. The van der Waals surface area contributed by atoms with Crippen molar-refractivity contribution >= 4 is 0 Å². The fourth-order valence-corrected chi connectivity index (χ4v) is 3.71. The number of rotatable bonds is 7. The van der Waals surface area contributed by atoms with E-state index in [1.54, 1.807) is 12.1 Å². The van der Waals surface area contributed by atoms with Crippen LogP contribution in [0.2, 0.25) is 0 Å². The summed E-state index contributed by atoms with van der Waals surface area (Å²) in [5.41, 5.74) is 2.38. The molecule has 1 nitrogen and oxygen atoms in total. The summed E-state index contributed by atoms with van der Waals surface area (Å²) in [5.74, 6) is 1.57. The lowest BCUT2D eigenvalue weighted by Crippen LogP contribution is -2.38. The number of halogens is 1. The van der Waals surface area contributed by atoms with Gasteiger partial charge in [-0.15, -0.1) is 0 Å². The summed E-state index contributed by atoms with van der Waals surface area (Å²) in [4.78, 5) is 0. The van der Waals surface area contributed by atoms with Gasteiger partial charge in [0, 0.05) is 6.04 Å². The van der Waals surface area contributed by atoms with Crippen molar-refractivity contribution in [2.75, 3.05) is 6.54 Å². The fourth-order valence-electron chi connectivity index (χ4n) is 3.71. The Morgan fingerprint density at radius 2 is 2.10 bits per heavy atom. The molecule has 0 spiro atoms. The summed E-state index contributed by atoms with van der Waals surface area (Å²) in [5, 5.41) is 3.75. The van der Waals surface area contributed by atoms with Gasteiger partial charge < -0.3 is 5.32 Å². The second-order valence-corrected chi connectivity index (χ2v) is 6.68. The number of benzene rings is 1. The van der Waals surface area contributed by atoms with Crippen LogP contribution in [0.4, 0.5) is 4.39 Å². The second-order valence-electron chi connectivity index (χ2n) is 6.68. The highest BCUT2D eigenvalue weighted by atomic mass is 19.1. The number of hydrogen-bond donors (Lipinski definition) is 1. The molecule has 0 heterocycles. The van der Waals surface area contributed by atoms with Crippen molar-refractivity contribution in [3.63, 3.8) is 0 Å². The zero-order chi connectivity index (χ0) is 15.2. The first-order valence-corrected chi connectivity index (χ1v) is 8.62. The molecule has 1 aromatic rings. The van der Waals surface area contributed by atoms with Gasteiger partial charge in [-0.2, -0.15) is 0 Å². The van der Waals surface area contributed by atoms with Gasteiger partial charge >= 0.3 is 0 Å². The van der Waals surface area contributed by atoms with Gasteiger partial charge in [0.2, 0.25) is 0 Å². The lowest BCUT2D eigenvalue weighted by atomic mass is 9.89. The van der Waals surface area contributed by atoms with Gasteiger partial charge in [0.1, 0.15) is 5.82 Å². The molecule has 2 heteroatoms. The maximum atomic E-state index is 13.3. The third-order valence-corrected chi connectivity index (χ3v) is 5.13. The smallest absolute Gasteiger partial charge is 0.123 e. The van der Waals surface area contributed by atoms with E-state index in [1.807, 2.05) is 13.0 Å². The topological polar surface area (TPSA) is 12.0 Å². The molecule has 1 aliphatic rings. The lowest BCUT2D eigenvalue weighted by Gasteiger charge is -2.26. The van der Waals surface area contributed by atoms with Gasteiger partial charge in [-0.1, -0.05) is 32.8 Å². The molecule has 0 bridgehead atoms. The molecule has 0 aromatic heterocycles. The highest BCUT2D eigenvalue weighted by Crippen LogP contribution is 2.36. The Morgan fingerprint density at radius 3 is 2.71 bits per heavy atom. The summed E-state index contributed by atoms with van der Waals surface area (Å²) in [6.07, 6.45) is 7.61. The average Bonchev–Trinajstić information content (AvgIpc) is 2.94. The number of aryl methyl sites for hydroxylation is 1. The maximum absolute atomic E-state index is 13.3. The molecule has 3 atom stereocenters. The quantitative estimate of drug-likeness (QED) is 0.755. The Morgan fingerprint density at radius 1 is 1.29 bits per heavy atom. The minimum Gasteiger partial charge on any atom is -0.313 e. The van der Waals surface area contributed by atoms with E-state index >= 15 is 0 Å². The zero-order valence-electron chi connectivity index (χ0n) is 13.8. The van der Waals surface area contributed by atoms with Crippen LogP contribution in [0.15, 0.2) is 18.2 Å². The van der Waals surface area contributed by atoms with Gasteiger partial charge in [-0.25, -0.2) is 4.39 Å². The first-order chi connectivity index (χ1) is 10.1. The highest BCUT2D eigenvalue weighted by molar-refractivity contribution is 5.27. The fraction of sp³-hybridized carbons (Fsp3) is 0.684. The van der Waals surface area contributed by atoms with Crippen LogP contribution in [0, 0.1) is 24.6 Å². The van der Waals surface area contributed by atoms with Gasteiger partial charge in [0.05, 0.1) is 0 Å². The van der Waals surface area contributed by atoms with E-state index in [9.17, 15) is 4.39 Å². The SMILES string of the molecule is CCCNC(Cc1ccc(F)cc1C)C1CCC(CC)C1. The molecule has 1 aliphatic carbocycles. The van der Waals surface area contributed by atoms with Crippen molar-refractivity contribution in [2.45, 2.75) is 65.3 Å². The minimum absolute atomic E-state index is 0.124. The molecule has 2 rings (SSSR count). The van der Waals surface area contributed by atoms with Crippen LogP contribution in [0.5, 0.6) is 0 Å². The molecule has 1 aromatic carbocycles. The largest absolute Gasteiger partial charge is 0.313 e. The monoisotopic (exact) mass is 291 g/mol. The van der Waals surface area contributed by atoms with Gasteiger partial charge in [0.15, 0.2) is 0 Å². The zero-order valence-corrected chi connectivity index (χ0v) is 13.8. The summed E-state index contributed by atoms with van der Waals surface area (Å²) in [6, 6.07) is 5.78. The summed E-state index contributed by atoms with van der Waals surface area (Å²) in [6.45, 7) is 7.64. The molecule has 0 aliphatic heterocycles. The van der Waals surface area contributed by atoms with E-state index in [2.05, 4.69) is 19.2 Å². The predicted octanol–water partition coefficient (Wildman–Crippen LogP) is 4.87. The van der Waals surface area contributed by atoms with Gasteiger partial charge in [-0.05, 0) is 74.2 Å². The lowest BCUT2D eigenvalue weighted by molar-refractivity contribution is 0.343. The maximum Gasteiger partial charge on any atom is 0.123 e. The molecular weight excluding hydrogens is 261 g/mol. The van der Waals surface area contributed by atoms with E-state index < -0.39 is 0 Å². The van der Waals surface area contributed by atoms with Crippen LogP contribution in [-0.4, -0.2) is 12.6 Å². The third-order valence-electron chi connectivity index (χ3n) is 5.13. The van der Waals surface area contributed by atoms with Crippen molar-refractivity contribution in [1.82, 2.24) is 5.32 Å². The summed E-state index contributed by atoms with van der Waals surface area (Å²) in [7, 11) is 0. The van der Waals surface area contributed by atoms with Crippen molar-refractivity contribution in [1.29, 1.82) is 0 Å². The summed E-state index contributed by atoms with van der Waals surface area (Å²) >= 11 is 0. The molecule has 1 fully saturated rings. The van der Waals surface area contributed by atoms with Crippen molar-refractivity contribution in [3.05, 3.63) is 35.1 Å². The second kappa shape index (κ2) is 7.93. The molecule has 1 N–H and O–H groups in total. The van der Waals surface area contributed by atoms with Crippen LogP contribution >= 0.6 is 0 Å². The minimum atomic E-state index is -0.124. The first kappa shape index (κ1) is 16.5. The van der Waals surface area contributed by atoms with Gasteiger partial charge in [-0.3, -0.25) is 0 Å². The third kappa shape index (κ3) is 4.54. The number of hydrogen-bond acceptors (Lipinski definition) is 1. The molecule has 1 saturated carbocycles. The van der Waals surface area contributed by atoms with E-state index in [-0.39, 0.29) is 5.82 Å². The molecule has 21 heavy (non-hydrogen) atoms. The van der Waals surface area contributed by atoms with E-state index in [4.69, 9.17) is 0 Å². The van der Waals surface area contributed by atoms with Crippen LogP contribution in [0.1, 0.15) is 57.1 Å². The van der Waals surface area contributed by atoms with E-state index in [0.717, 1.165) is 30.4 Å². The predicted molar refractivity (Wildman–Crippen MR) is 88.0 cm³/mol. The molecule has 3 unspecified atom stereocenters. The Labute approximate surface area is 129 Å². The van der Waals surface area contributed by atoms with E-state index in [1.165, 1.54) is 37.7 Å². The highest BCUT2D eigenvalue weighted by Gasteiger charge is 2.29. The standard InChI is InChI=1S/C19H30FN/c1-4-10-21-19(17-7-6-15(5-2)12-17)13-16-8-9-18(20)11-14(16)3/h8-9,11,15,17,19,21H,4-7,10,12-13H2,1-3H3. The average molecular weight is 291 g/mol. The Kier molecular flexibility index (Phi) is 6.22. The number of nitrogens with one attached hydrogen (secondary N) is 1. The van der Waals surface area contributed by atoms with Crippen LogP contribution in [0.25, 0.3) is 0 Å². The van der Waals surface area contributed by atoms with Crippen LogP contribution in [0.3, 0.4) is 0 Å². The van der Waals surface area contributed by atoms with E-state index in [0.29, 0.717) is 6.04 Å². The Balaban J connectivity index is 2.05. The van der Waals surface area contributed by atoms with Crippen molar-refractivity contribution in [2.24, 2.45) is 11.8 Å².